The lowest BCUT2D eigenvalue weighted by Crippen LogP contribution is -2.50. The molecule has 4 rings (SSSR count). The highest BCUT2D eigenvalue weighted by Gasteiger charge is 2.24. The molecule has 1 saturated heterocycles. The molecule has 1 aliphatic rings. The molecule has 0 aromatic heterocycles. The van der Waals surface area contributed by atoms with Crippen molar-refractivity contribution in [2.75, 3.05) is 36.4 Å². The van der Waals surface area contributed by atoms with Crippen LogP contribution in [0.5, 0.6) is 0 Å². The van der Waals surface area contributed by atoms with Crippen molar-refractivity contribution in [3.8, 4) is 11.1 Å². The smallest absolute Gasteiger partial charge is 0.257 e. The first-order valence-corrected chi connectivity index (χ1v) is 12.7. The van der Waals surface area contributed by atoms with Gasteiger partial charge >= 0.3 is 0 Å². The Morgan fingerprint density at radius 1 is 0.889 bits per heavy atom. The number of carbonyl (C=O) groups is 2. The largest absolute Gasteiger partial charge is 0.367 e. The van der Waals surface area contributed by atoms with Crippen molar-refractivity contribution >= 4 is 52.1 Å². The number of amides is 2. The summed E-state index contributed by atoms with van der Waals surface area (Å²) in [5.41, 5.74) is 4.24. The molecule has 3 aromatic carbocycles. The monoisotopic (exact) mass is 520 g/mol. The molecular formula is C28H29ClN4O2S. The molecule has 1 fully saturated rings. The van der Waals surface area contributed by atoms with Gasteiger partial charge in [0, 0.05) is 43.3 Å². The Bertz CT molecular complexity index is 1240. The Morgan fingerprint density at radius 2 is 1.53 bits per heavy atom. The van der Waals surface area contributed by atoms with Crippen LogP contribution in [0.2, 0.25) is 5.02 Å². The summed E-state index contributed by atoms with van der Waals surface area (Å²) in [6.45, 7) is 6.65. The van der Waals surface area contributed by atoms with E-state index in [-0.39, 0.29) is 22.8 Å². The molecule has 1 aliphatic heterocycles. The quantitative estimate of drug-likeness (QED) is 0.439. The molecule has 8 heteroatoms. The van der Waals surface area contributed by atoms with E-state index in [0.717, 1.165) is 29.9 Å². The third-order valence-electron chi connectivity index (χ3n) is 6.11. The molecule has 0 unspecified atom stereocenters. The minimum atomic E-state index is -0.288. The predicted molar refractivity (Wildman–Crippen MR) is 151 cm³/mol. The molecule has 3 aromatic rings. The summed E-state index contributed by atoms with van der Waals surface area (Å²) >= 11 is 11.9. The number of halogens is 1. The van der Waals surface area contributed by atoms with Crippen molar-refractivity contribution in [2.24, 2.45) is 5.92 Å². The number of rotatable bonds is 5. The molecule has 0 atom stereocenters. The minimum absolute atomic E-state index is 0.00322. The standard InChI is InChI=1S/C28H29ClN4O2S/c1-19(2)27(35)33-16-14-32(15-17-33)25-13-12-23(18-24(25)29)30-28(36)31-26(34)22-10-8-21(9-11-22)20-6-4-3-5-7-20/h3-13,18-19H,14-17H2,1-2H3,(H2,30,31,34,36). The highest BCUT2D eigenvalue weighted by atomic mass is 35.5. The Hall–Kier alpha value is -3.42. The molecule has 0 bridgehead atoms. The summed E-state index contributed by atoms with van der Waals surface area (Å²) in [5, 5.41) is 6.51. The maximum Gasteiger partial charge on any atom is 0.257 e. The van der Waals surface area contributed by atoms with Crippen LogP contribution in [0.4, 0.5) is 11.4 Å². The number of thiocarbonyl (C=S) groups is 1. The zero-order chi connectivity index (χ0) is 25.7. The van der Waals surface area contributed by atoms with E-state index in [0.29, 0.717) is 29.4 Å². The Balaban J connectivity index is 1.32. The maximum absolute atomic E-state index is 12.6. The normalized spacial score (nSPS) is 13.4. The third kappa shape index (κ3) is 6.22. The van der Waals surface area contributed by atoms with E-state index in [1.165, 1.54) is 0 Å². The molecule has 186 valence electrons. The summed E-state index contributed by atoms with van der Waals surface area (Å²) in [4.78, 5) is 28.9. The molecule has 0 saturated carbocycles. The molecule has 2 amide bonds. The van der Waals surface area contributed by atoms with Gasteiger partial charge in [-0.05, 0) is 53.7 Å². The summed E-state index contributed by atoms with van der Waals surface area (Å²) in [6, 6.07) is 23.0. The van der Waals surface area contributed by atoms with Crippen molar-refractivity contribution in [1.82, 2.24) is 10.2 Å². The fourth-order valence-corrected chi connectivity index (χ4v) is 4.67. The van der Waals surface area contributed by atoms with E-state index in [1.54, 1.807) is 18.2 Å². The van der Waals surface area contributed by atoms with Gasteiger partial charge in [-0.2, -0.15) is 0 Å². The molecule has 0 spiro atoms. The van der Waals surface area contributed by atoms with Gasteiger partial charge in [-0.3, -0.25) is 14.9 Å². The lowest BCUT2D eigenvalue weighted by atomic mass is 10.0. The number of piperazine rings is 1. The van der Waals surface area contributed by atoms with Gasteiger partial charge in [-0.15, -0.1) is 0 Å². The van der Waals surface area contributed by atoms with Crippen LogP contribution in [0.15, 0.2) is 72.8 Å². The molecule has 1 heterocycles. The molecule has 6 nitrogen and oxygen atoms in total. The van der Waals surface area contributed by atoms with Crippen LogP contribution in [0.1, 0.15) is 24.2 Å². The van der Waals surface area contributed by atoms with Crippen LogP contribution >= 0.6 is 23.8 Å². The van der Waals surface area contributed by atoms with Crippen molar-refractivity contribution in [2.45, 2.75) is 13.8 Å². The van der Waals surface area contributed by atoms with Crippen molar-refractivity contribution in [3.05, 3.63) is 83.4 Å². The average molecular weight is 521 g/mol. The summed E-state index contributed by atoms with van der Waals surface area (Å²) < 4.78 is 0. The molecule has 36 heavy (non-hydrogen) atoms. The first-order chi connectivity index (χ1) is 17.3. The molecule has 2 N–H and O–H groups in total. The number of carbonyl (C=O) groups excluding carboxylic acids is 2. The summed E-state index contributed by atoms with van der Waals surface area (Å²) in [7, 11) is 0. The second-order valence-electron chi connectivity index (χ2n) is 8.98. The number of hydrogen-bond acceptors (Lipinski definition) is 4. The first kappa shape index (κ1) is 25.7. The van der Waals surface area contributed by atoms with E-state index in [1.807, 2.05) is 73.3 Å². The van der Waals surface area contributed by atoms with Crippen LogP contribution in [-0.2, 0) is 4.79 Å². The van der Waals surface area contributed by atoms with E-state index in [2.05, 4.69) is 15.5 Å². The number of benzene rings is 3. The van der Waals surface area contributed by atoms with Crippen molar-refractivity contribution < 1.29 is 9.59 Å². The predicted octanol–water partition coefficient (Wildman–Crippen LogP) is 5.44. The molecular weight excluding hydrogens is 492 g/mol. The lowest BCUT2D eigenvalue weighted by molar-refractivity contribution is -0.134. The zero-order valence-electron chi connectivity index (χ0n) is 20.3. The van der Waals surface area contributed by atoms with Gasteiger partial charge in [0.1, 0.15) is 0 Å². The summed E-state index contributed by atoms with van der Waals surface area (Å²) in [5.74, 6) is -0.102. The van der Waals surface area contributed by atoms with Crippen LogP contribution < -0.4 is 15.5 Å². The van der Waals surface area contributed by atoms with E-state index >= 15 is 0 Å². The van der Waals surface area contributed by atoms with E-state index < -0.39 is 0 Å². The fraction of sp³-hybridized carbons (Fsp3) is 0.250. The lowest BCUT2D eigenvalue weighted by Gasteiger charge is -2.37. The molecule has 0 radical (unpaired) electrons. The third-order valence-corrected chi connectivity index (χ3v) is 6.62. The molecule has 0 aliphatic carbocycles. The Kier molecular flexibility index (Phi) is 8.23. The van der Waals surface area contributed by atoms with E-state index in [4.69, 9.17) is 23.8 Å². The SMILES string of the molecule is CC(C)C(=O)N1CCN(c2ccc(NC(=S)NC(=O)c3ccc(-c4ccccc4)cc3)cc2Cl)CC1. The van der Waals surface area contributed by atoms with E-state index in [9.17, 15) is 9.59 Å². The second kappa shape index (κ2) is 11.5. The number of anilines is 2. The zero-order valence-corrected chi connectivity index (χ0v) is 21.9. The van der Waals surface area contributed by atoms with Gasteiger partial charge in [-0.1, -0.05) is 67.9 Å². The highest BCUT2D eigenvalue weighted by molar-refractivity contribution is 7.80. The first-order valence-electron chi connectivity index (χ1n) is 11.9. The Morgan fingerprint density at radius 3 is 2.14 bits per heavy atom. The van der Waals surface area contributed by atoms with Gasteiger partial charge in [0.2, 0.25) is 5.91 Å². The van der Waals surface area contributed by atoms with Crippen LogP contribution in [0.25, 0.3) is 11.1 Å². The number of nitrogens with one attached hydrogen (secondary N) is 2. The van der Waals surface area contributed by atoms with Crippen molar-refractivity contribution in [1.29, 1.82) is 0 Å². The van der Waals surface area contributed by atoms with Crippen LogP contribution in [-0.4, -0.2) is 48.0 Å². The Labute approximate surface area is 222 Å². The van der Waals surface area contributed by atoms with Gasteiger partial charge in [0.25, 0.3) is 5.91 Å². The van der Waals surface area contributed by atoms with Crippen molar-refractivity contribution in [3.63, 3.8) is 0 Å². The average Bonchev–Trinajstić information content (AvgIpc) is 2.89. The van der Waals surface area contributed by atoms with Gasteiger partial charge < -0.3 is 15.1 Å². The second-order valence-corrected chi connectivity index (χ2v) is 9.80. The minimum Gasteiger partial charge on any atom is -0.367 e. The topological polar surface area (TPSA) is 64.7 Å². The number of nitrogens with zero attached hydrogens (tertiary/aromatic N) is 2. The van der Waals surface area contributed by atoms with Gasteiger partial charge in [0.15, 0.2) is 5.11 Å². The number of hydrogen-bond donors (Lipinski definition) is 2. The van der Waals surface area contributed by atoms with Crippen LogP contribution in [0, 0.1) is 5.92 Å². The van der Waals surface area contributed by atoms with Gasteiger partial charge in [-0.25, -0.2) is 0 Å². The van der Waals surface area contributed by atoms with Crippen LogP contribution in [0.3, 0.4) is 0 Å². The highest BCUT2D eigenvalue weighted by Crippen LogP contribution is 2.30. The van der Waals surface area contributed by atoms with Gasteiger partial charge in [0.05, 0.1) is 10.7 Å². The summed E-state index contributed by atoms with van der Waals surface area (Å²) in [6.07, 6.45) is 0. The maximum atomic E-state index is 12.6. The fourth-order valence-electron chi connectivity index (χ4n) is 4.16.